The van der Waals surface area contributed by atoms with Crippen LogP contribution in [0.2, 0.25) is 0 Å². The first-order chi connectivity index (χ1) is 13.6. The van der Waals surface area contributed by atoms with Crippen molar-refractivity contribution in [2.24, 2.45) is 10.7 Å². The lowest BCUT2D eigenvalue weighted by atomic mass is 9.77. The molecule has 2 aromatic carbocycles. The Hall–Kier alpha value is -2.81. The number of rotatable bonds is 2. The smallest absolute Gasteiger partial charge is 0.383 e. The van der Waals surface area contributed by atoms with Crippen molar-refractivity contribution in [2.75, 3.05) is 0 Å². The van der Waals surface area contributed by atoms with Crippen LogP contribution in [0, 0.1) is 11.6 Å². The van der Waals surface area contributed by atoms with Gasteiger partial charge in [-0.2, -0.15) is 13.2 Å². The maximum atomic E-state index is 14.5. The second-order valence-corrected chi connectivity index (χ2v) is 7.28. The number of hydrogen-bond acceptors (Lipinski definition) is 3. The quantitative estimate of drug-likeness (QED) is 0.529. The number of nitrogens with two attached hydrogens (primary N) is 1. The molecule has 3 nitrogen and oxygen atoms in total. The van der Waals surface area contributed by atoms with E-state index in [9.17, 15) is 22.0 Å². The number of aliphatic imine (C=N–C) groups is 1. The summed E-state index contributed by atoms with van der Waals surface area (Å²) in [4.78, 5) is 7.78. The highest BCUT2D eigenvalue weighted by Crippen LogP contribution is 2.47. The first-order valence-electron chi connectivity index (χ1n) is 8.28. The van der Waals surface area contributed by atoms with Crippen LogP contribution in [0.4, 0.5) is 22.0 Å². The summed E-state index contributed by atoms with van der Waals surface area (Å²) in [7, 11) is 0. The third kappa shape index (κ3) is 3.00. The van der Waals surface area contributed by atoms with E-state index >= 15 is 0 Å². The Bertz CT molecular complexity index is 1160. The fourth-order valence-electron chi connectivity index (χ4n) is 3.52. The van der Waals surface area contributed by atoms with Gasteiger partial charge in [-0.05, 0) is 57.4 Å². The molecule has 1 aliphatic heterocycles. The van der Waals surface area contributed by atoms with Crippen LogP contribution < -0.4 is 5.73 Å². The van der Waals surface area contributed by atoms with Crippen molar-refractivity contribution < 1.29 is 22.0 Å². The van der Waals surface area contributed by atoms with Crippen molar-refractivity contribution in [3.8, 4) is 0 Å². The molecule has 148 valence electrons. The van der Waals surface area contributed by atoms with Crippen molar-refractivity contribution in [1.82, 2.24) is 4.98 Å². The first-order valence-corrected chi connectivity index (χ1v) is 9.08. The highest BCUT2D eigenvalue weighted by atomic mass is 79.9. The van der Waals surface area contributed by atoms with E-state index in [1.165, 1.54) is 36.4 Å². The molecule has 2 heterocycles. The predicted octanol–water partition coefficient (Wildman–Crippen LogP) is 5.15. The molecule has 29 heavy (non-hydrogen) atoms. The lowest BCUT2D eigenvalue weighted by Crippen LogP contribution is -2.26. The number of hydrogen-bond donors (Lipinski definition) is 1. The third-order valence-electron chi connectivity index (χ3n) is 4.75. The Morgan fingerprint density at radius 2 is 1.66 bits per heavy atom. The molecule has 1 aromatic heterocycles. The minimum absolute atomic E-state index is 0.00156. The topological polar surface area (TPSA) is 51.3 Å². The van der Waals surface area contributed by atoms with Crippen LogP contribution in [-0.4, -0.2) is 10.8 Å². The van der Waals surface area contributed by atoms with E-state index < -0.39 is 29.0 Å². The third-order valence-corrected chi connectivity index (χ3v) is 5.36. The highest BCUT2D eigenvalue weighted by molar-refractivity contribution is 9.10. The molecule has 0 amide bonds. The van der Waals surface area contributed by atoms with E-state index in [0.29, 0.717) is 5.56 Å². The molecule has 0 fully saturated rings. The second kappa shape index (κ2) is 6.62. The number of benzene rings is 2. The highest BCUT2D eigenvalue weighted by Gasteiger charge is 2.45. The molecule has 2 N–H and O–H groups in total. The standard InChI is InChI=1S/C20H11BrF5N3/c21-13-8-10(4-5-14(13)22)19(11-6-7-28-16(9-11)20(24,25)26)12-2-1-3-15(23)17(12)18(27)29-19/h1-9H,(H2,27,29). The van der Waals surface area contributed by atoms with Crippen LogP contribution in [-0.2, 0) is 11.7 Å². The van der Waals surface area contributed by atoms with E-state index in [-0.39, 0.29) is 27.0 Å². The zero-order valence-electron chi connectivity index (χ0n) is 14.4. The lowest BCUT2D eigenvalue weighted by Gasteiger charge is -2.29. The molecule has 0 saturated heterocycles. The van der Waals surface area contributed by atoms with Crippen LogP contribution >= 0.6 is 15.9 Å². The number of pyridine rings is 1. The molecular weight excluding hydrogens is 457 g/mol. The molecule has 0 aliphatic carbocycles. The van der Waals surface area contributed by atoms with Crippen molar-refractivity contribution in [1.29, 1.82) is 0 Å². The SMILES string of the molecule is NC1=NC(c2ccnc(C(F)(F)F)c2)(c2ccc(F)c(Br)c2)c2cccc(F)c21. The molecule has 1 aliphatic rings. The van der Waals surface area contributed by atoms with Gasteiger partial charge in [-0.1, -0.05) is 18.2 Å². The number of fused-ring (bicyclic) bond motifs is 1. The van der Waals surface area contributed by atoms with Crippen LogP contribution in [0.25, 0.3) is 0 Å². The van der Waals surface area contributed by atoms with Gasteiger partial charge in [0.1, 0.15) is 28.7 Å². The van der Waals surface area contributed by atoms with Crippen LogP contribution in [0.5, 0.6) is 0 Å². The minimum atomic E-state index is -4.70. The van der Waals surface area contributed by atoms with Gasteiger partial charge in [0.2, 0.25) is 0 Å². The normalized spacial score (nSPS) is 18.5. The molecule has 0 bridgehead atoms. The van der Waals surface area contributed by atoms with Gasteiger partial charge in [0.15, 0.2) is 0 Å². The second-order valence-electron chi connectivity index (χ2n) is 6.43. The molecule has 4 rings (SSSR count). The number of halogens is 6. The number of amidine groups is 1. The summed E-state index contributed by atoms with van der Waals surface area (Å²) < 4.78 is 68.3. The van der Waals surface area contributed by atoms with Crippen LogP contribution in [0.1, 0.15) is 27.9 Å². The van der Waals surface area contributed by atoms with Crippen molar-refractivity contribution in [2.45, 2.75) is 11.7 Å². The number of aromatic nitrogens is 1. The monoisotopic (exact) mass is 467 g/mol. The number of alkyl halides is 3. The summed E-state index contributed by atoms with van der Waals surface area (Å²) in [5.41, 5.74) is 3.90. The van der Waals surface area contributed by atoms with E-state index in [1.807, 2.05) is 0 Å². The lowest BCUT2D eigenvalue weighted by molar-refractivity contribution is -0.141. The maximum absolute atomic E-state index is 14.5. The van der Waals surface area contributed by atoms with Gasteiger partial charge in [-0.15, -0.1) is 0 Å². The Morgan fingerprint density at radius 1 is 0.931 bits per heavy atom. The molecule has 3 aromatic rings. The minimum Gasteiger partial charge on any atom is -0.383 e. The average molecular weight is 468 g/mol. The first kappa shape index (κ1) is 19.5. The average Bonchev–Trinajstić information content (AvgIpc) is 2.98. The zero-order valence-corrected chi connectivity index (χ0v) is 16.0. The summed E-state index contributed by atoms with van der Waals surface area (Å²) in [5.74, 6) is -1.38. The van der Waals surface area contributed by atoms with Crippen LogP contribution in [0.3, 0.4) is 0 Å². The van der Waals surface area contributed by atoms with Gasteiger partial charge < -0.3 is 5.73 Å². The Labute approximate surface area is 170 Å². The van der Waals surface area contributed by atoms with Gasteiger partial charge in [0, 0.05) is 11.8 Å². The van der Waals surface area contributed by atoms with Crippen LogP contribution in [0.15, 0.2) is 64.2 Å². The fourth-order valence-corrected chi connectivity index (χ4v) is 3.90. The zero-order chi connectivity index (χ0) is 21.0. The summed E-state index contributed by atoms with van der Waals surface area (Å²) in [6.07, 6.45) is -3.69. The van der Waals surface area contributed by atoms with E-state index in [0.717, 1.165) is 18.3 Å². The largest absolute Gasteiger partial charge is 0.433 e. The van der Waals surface area contributed by atoms with E-state index in [2.05, 4.69) is 25.9 Å². The van der Waals surface area contributed by atoms with Gasteiger partial charge in [0.25, 0.3) is 0 Å². The molecule has 1 unspecified atom stereocenters. The van der Waals surface area contributed by atoms with Gasteiger partial charge in [-0.25, -0.2) is 13.8 Å². The summed E-state index contributed by atoms with van der Waals surface area (Å²) in [6, 6.07) is 10.2. The van der Waals surface area contributed by atoms with Crippen molar-refractivity contribution in [3.05, 3.63) is 98.8 Å². The molecule has 0 spiro atoms. The Kier molecular flexibility index (Phi) is 4.45. The van der Waals surface area contributed by atoms with E-state index in [4.69, 9.17) is 5.73 Å². The summed E-state index contributed by atoms with van der Waals surface area (Å²) in [6.45, 7) is 0. The summed E-state index contributed by atoms with van der Waals surface area (Å²) >= 11 is 3.08. The Balaban J connectivity index is 2.09. The summed E-state index contributed by atoms with van der Waals surface area (Å²) in [5, 5.41) is 0. The van der Waals surface area contributed by atoms with E-state index in [1.54, 1.807) is 0 Å². The fraction of sp³-hybridized carbons (Fsp3) is 0.100. The van der Waals surface area contributed by atoms with Gasteiger partial charge >= 0.3 is 6.18 Å². The predicted molar refractivity (Wildman–Crippen MR) is 100 cm³/mol. The van der Waals surface area contributed by atoms with Crippen molar-refractivity contribution in [3.63, 3.8) is 0 Å². The molecular formula is C20H11BrF5N3. The van der Waals surface area contributed by atoms with Crippen molar-refractivity contribution >= 4 is 21.8 Å². The van der Waals surface area contributed by atoms with Gasteiger partial charge in [0.05, 0.1) is 10.0 Å². The number of nitrogens with zero attached hydrogens (tertiary/aromatic N) is 2. The molecule has 1 atom stereocenters. The molecule has 0 saturated carbocycles. The maximum Gasteiger partial charge on any atom is 0.433 e. The molecule has 0 radical (unpaired) electrons. The van der Waals surface area contributed by atoms with Gasteiger partial charge in [-0.3, -0.25) is 4.98 Å². The Morgan fingerprint density at radius 3 is 2.34 bits per heavy atom. The molecule has 9 heteroatoms.